The zero-order valence-corrected chi connectivity index (χ0v) is 17.1. The maximum atomic E-state index is 13.6. The Morgan fingerprint density at radius 3 is 2.58 bits per heavy atom. The van der Waals surface area contributed by atoms with E-state index in [9.17, 15) is 22.4 Å². The molecule has 0 N–H and O–H groups in total. The van der Waals surface area contributed by atoms with Crippen LogP contribution < -0.4 is 4.90 Å². The lowest BCUT2D eigenvalue weighted by Crippen LogP contribution is -2.30. The van der Waals surface area contributed by atoms with Crippen molar-refractivity contribution < 1.29 is 27.1 Å². The Morgan fingerprint density at radius 2 is 1.90 bits per heavy atom. The summed E-state index contributed by atoms with van der Waals surface area (Å²) >= 11 is 11.9. The van der Waals surface area contributed by atoms with Crippen molar-refractivity contribution >= 4 is 35.1 Å². The number of amides is 1. The number of aryl methyl sites for hydroxylation is 1. The van der Waals surface area contributed by atoms with Crippen LogP contribution in [0.5, 0.6) is 0 Å². The smallest absolute Gasteiger partial charge is 0.416 e. The van der Waals surface area contributed by atoms with Crippen molar-refractivity contribution in [1.82, 2.24) is 14.5 Å². The number of carbonyl (C=O) groups excluding carboxylic acids is 1. The third-order valence-electron chi connectivity index (χ3n) is 4.57. The second-order valence-corrected chi connectivity index (χ2v) is 7.50. The van der Waals surface area contributed by atoms with Gasteiger partial charge < -0.3 is 9.30 Å². The number of halogens is 6. The Morgan fingerprint density at radius 1 is 1.16 bits per heavy atom. The van der Waals surface area contributed by atoms with Crippen molar-refractivity contribution in [2.75, 3.05) is 11.5 Å². The topological polar surface area (TPSA) is 60.3 Å². The Bertz CT molecular complexity index is 1180. The lowest BCUT2D eigenvalue weighted by atomic mass is 10.2. The standard InChI is InChI=1S/C19H12Cl2F4N4O2/c1-9-4-10(19(23,24)25)5-16(26-9)29-14(8-31-18(29)30)17-27-15(21)7-28(17)11-2-3-13(22)12(20)6-11/h2-7,14H,8H2,1H3. The van der Waals surface area contributed by atoms with Crippen LogP contribution in [0.15, 0.2) is 36.5 Å². The number of alkyl halides is 3. The molecule has 1 amide bonds. The molecule has 0 aliphatic carbocycles. The van der Waals surface area contributed by atoms with Gasteiger partial charge in [-0.3, -0.25) is 0 Å². The molecule has 31 heavy (non-hydrogen) atoms. The lowest BCUT2D eigenvalue weighted by molar-refractivity contribution is -0.137. The molecule has 0 radical (unpaired) electrons. The van der Waals surface area contributed by atoms with Crippen LogP contribution in [0.2, 0.25) is 10.2 Å². The van der Waals surface area contributed by atoms with E-state index in [0.717, 1.165) is 23.1 Å². The number of benzene rings is 1. The van der Waals surface area contributed by atoms with E-state index in [1.807, 2.05) is 0 Å². The zero-order valence-electron chi connectivity index (χ0n) is 15.6. The molecule has 0 spiro atoms. The first-order valence-corrected chi connectivity index (χ1v) is 9.52. The molecule has 3 heterocycles. The average Bonchev–Trinajstić information content (AvgIpc) is 3.25. The van der Waals surface area contributed by atoms with Crippen molar-refractivity contribution in [3.05, 3.63) is 69.6 Å². The maximum Gasteiger partial charge on any atom is 0.416 e. The Hall–Kier alpha value is -2.85. The monoisotopic (exact) mass is 474 g/mol. The molecule has 2 aromatic heterocycles. The van der Waals surface area contributed by atoms with Crippen LogP contribution in [0.1, 0.15) is 23.1 Å². The summed E-state index contributed by atoms with van der Waals surface area (Å²) in [5, 5.41) is -0.109. The second kappa shape index (κ2) is 7.69. The maximum absolute atomic E-state index is 13.6. The minimum Gasteiger partial charge on any atom is -0.446 e. The third kappa shape index (κ3) is 4.05. The molecule has 1 unspecified atom stereocenters. The van der Waals surface area contributed by atoms with Crippen LogP contribution in [0.25, 0.3) is 5.69 Å². The summed E-state index contributed by atoms with van der Waals surface area (Å²) in [4.78, 5) is 21.7. The lowest BCUT2D eigenvalue weighted by Gasteiger charge is -2.22. The number of hydrogen-bond acceptors (Lipinski definition) is 4. The van der Waals surface area contributed by atoms with Crippen molar-refractivity contribution in [2.45, 2.75) is 19.1 Å². The Labute approximate surface area is 183 Å². The van der Waals surface area contributed by atoms with E-state index >= 15 is 0 Å². The molecule has 162 valence electrons. The number of pyridine rings is 1. The molecule has 1 aliphatic rings. The molecule has 0 bridgehead atoms. The highest BCUT2D eigenvalue weighted by molar-refractivity contribution is 6.31. The first kappa shape index (κ1) is 21.4. The minimum absolute atomic E-state index is 0.0444. The molecule has 1 atom stereocenters. The summed E-state index contributed by atoms with van der Waals surface area (Å²) in [6.45, 7) is 1.17. The number of hydrogen-bond donors (Lipinski definition) is 0. The van der Waals surface area contributed by atoms with Crippen LogP contribution >= 0.6 is 23.2 Å². The van der Waals surface area contributed by atoms with Gasteiger partial charge in [0.25, 0.3) is 0 Å². The van der Waals surface area contributed by atoms with E-state index in [1.165, 1.54) is 29.8 Å². The molecule has 1 saturated heterocycles. The van der Waals surface area contributed by atoms with Gasteiger partial charge in [0.2, 0.25) is 0 Å². The van der Waals surface area contributed by atoms with Gasteiger partial charge in [-0.05, 0) is 37.3 Å². The van der Waals surface area contributed by atoms with Crippen LogP contribution in [0.4, 0.5) is 28.2 Å². The number of anilines is 1. The first-order valence-electron chi connectivity index (χ1n) is 8.76. The number of nitrogens with zero attached hydrogens (tertiary/aromatic N) is 4. The first-order chi connectivity index (χ1) is 14.5. The van der Waals surface area contributed by atoms with Gasteiger partial charge in [0.15, 0.2) is 0 Å². The summed E-state index contributed by atoms with van der Waals surface area (Å²) in [6, 6.07) is 4.57. The van der Waals surface area contributed by atoms with E-state index in [4.69, 9.17) is 27.9 Å². The van der Waals surface area contributed by atoms with Gasteiger partial charge in [0.1, 0.15) is 35.3 Å². The number of ether oxygens (including phenoxy) is 1. The summed E-state index contributed by atoms with van der Waals surface area (Å²) in [6.07, 6.45) is -4.11. The SMILES string of the molecule is Cc1cc(C(F)(F)F)cc(N2C(=O)OCC2c2nc(Cl)cn2-c2ccc(F)c(Cl)c2)n1. The van der Waals surface area contributed by atoms with E-state index in [-0.39, 0.29) is 34.1 Å². The van der Waals surface area contributed by atoms with Gasteiger partial charge in [-0.1, -0.05) is 23.2 Å². The van der Waals surface area contributed by atoms with Crippen LogP contribution in [-0.2, 0) is 10.9 Å². The van der Waals surface area contributed by atoms with Crippen LogP contribution in [0.3, 0.4) is 0 Å². The number of cyclic esters (lactones) is 1. The number of rotatable bonds is 3. The van der Waals surface area contributed by atoms with Gasteiger partial charge in [-0.15, -0.1) is 0 Å². The molecular weight excluding hydrogens is 463 g/mol. The summed E-state index contributed by atoms with van der Waals surface area (Å²) in [5.74, 6) is -0.708. The highest BCUT2D eigenvalue weighted by Crippen LogP contribution is 2.37. The quantitative estimate of drug-likeness (QED) is 0.454. The predicted octanol–water partition coefficient (Wildman–Crippen LogP) is 5.74. The van der Waals surface area contributed by atoms with Crippen LogP contribution in [0, 0.1) is 12.7 Å². The van der Waals surface area contributed by atoms with Gasteiger partial charge in [-0.2, -0.15) is 13.2 Å². The average molecular weight is 475 g/mol. The fourth-order valence-corrected chi connectivity index (χ4v) is 3.60. The molecule has 4 rings (SSSR count). The highest BCUT2D eigenvalue weighted by Gasteiger charge is 2.41. The largest absolute Gasteiger partial charge is 0.446 e. The van der Waals surface area contributed by atoms with Gasteiger partial charge >= 0.3 is 12.3 Å². The molecule has 6 nitrogen and oxygen atoms in total. The Balaban J connectivity index is 1.82. The van der Waals surface area contributed by atoms with E-state index in [0.29, 0.717) is 5.69 Å². The Kier molecular flexibility index (Phi) is 5.30. The van der Waals surface area contributed by atoms with Crippen molar-refractivity contribution in [2.24, 2.45) is 0 Å². The predicted molar refractivity (Wildman–Crippen MR) is 104 cm³/mol. The number of imidazole rings is 1. The van der Waals surface area contributed by atoms with Gasteiger partial charge in [0, 0.05) is 17.6 Å². The minimum atomic E-state index is -4.63. The van der Waals surface area contributed by atoms with Gasteiger partial charge in [0.05, 0.1) is 10.6 Å². The molecule has 0 saturated carbocycles. The van der Waals surface area contributed by atoms with E-state index in [2.05, 4.69) is 9.97 Å². The second-order valence-electron chi connectivity index (χ2n) is 6.71. The zero-order chi connectivity index (χ0) is 22.5. The van der Waals surface area contributed by atoms with Crippen molar-refractivity contribution in [3.63, 3.8) is 0 Å². The fraction of sp³-hybridized carbons (Fsp3) is 0.211. The van der Waals surface area contributed by atoms with E-state index in [1.54, 1.807) is 0 Å². The number of aromatic nitrogens is 3. The van der Waals surface area contributed by atoms with Crippen LogP contribution in [-0.4, -0.2) is 27.2 Å². The fourth-order valence-electron chi connectivity index (χ4n) is 3.24. The number of carbonyl (C=O) groups is 1. The third-order valence-corrected chi connectivity index (χ3v) is 5.04. The summed E-state index contributed by atoms with van der Waals surface area (Å²) in [5.41, 5.74) is -0.511. The highest BCUT2D eigenvalue weighted by atomic mass is 35.5. The van der Waals surface area contributed by atoms with E-state index < -0.39 is 29.7 Å². The molecule has 1 aliphatic heterocycles. The molecule has 1 fully saturated rings. The molecule has 12 heteroatoms. The van der Waals surface area contributed by atoms with Crippen molar-refractivity contribution in [3.8, 4) is 5.69 Å². The summed E-state index contributed by atoms with van der Waals surface area (Å²) in [7, 11) is 0. The molecular formula is C19H12Cl2F4N4O2. The normalized spacial score (nSPS) is 16.7. The summed E-state index contributed by atoms with van der Waals surface area (Å²) < 4.78 is 59.9. The molecule has 3 aromatic rings. The van der Waals surface area contributed by atoms with Gasteiger partial charge in [-0.25, -0.2) is 24.1 Å². The molecule has 1 aromatic carbocycles. The van der Waals surface area contributed by atoms with Crippen molar-refractivity contribution in [1.29, 1.82) is 0 Å².